The first-order chi connectivity index (χ1) is 12.1. The van der Waals surface area contributed by atoms with Crippen LogP contribution in [0.15, 0.2) is 29.2 Å². The van der Waals surface area contributed by atoms with Gasteiger partial charge in [0, 0.05) is 19.5 Å². The van der Waals surface area contributed by atoms with E-state index in [0.717, 1.165) is 9.87 Å². The van der Waals surface area contributed by atoms with Gasteiger partial charge in [0.25, 0.3) is 5.92 Å². The summed E-state index contributed by atoms with van der Waals surface area (Å²) < 4.78 is 55.5. The molecule has 1 aromatic rings. The number of alkyl halides is 2. The summed E-state index contributed by atoms with van der Waals surface area (Å²) in [5.41, 5.74) is -0.388. The van der Waals surface area contributed by atoms with E-state index in [1.54, 1.807) is 12.1 Å². The molecule has 0 unspecified atom stereocenters. The van der Waals surface area contributed by atoms with Gasteiger partial charge in [0.2, 0.25) is 15.9 Å². The van der Waals surface area contributed by atoms with E-state index in [0.29, 0.717) is 13.0 Å². The van der Waals surface area contributed by atoms with Crippen LogP contribution in [0.2, 0.25) is 0 Å². The summed E-state index contributed by atoms with van der Waals surface area (Å²) in [6.07, 6.45) is 0.232. The molecule has 2 aliphatic rings. The highest BCUT2D eigenvalue weighted by atomic mass is 32.2. The number of nitrogens with one attached hydrogen (secondary N) is 1. The first-order valence-corrected chi connectivity index (χ1v) is 10.3. The normalized spacial score (nSPS) is 26.9. The lowest BCUT2D eigenvalue weighted by atomic mass is 9.73. The fraction of sp³-hybridized carbons (Fsp3) is 0.611. The first-order valence-electron chi connectivity index (χ1n) is 8.82. The van der Waals surface area contributed by atoms with E-state index >= 15 is 0 Å². The molecule has 1 N–H and O–H groups in total. The van der Waals surface area contributed by atoms with E-state index in [4.69, 9.17) is 0 Å². The van der Waals surface area contributed by atoms with Gasteiger partial charge in [0.05, 0.1) is 16.9 Å². The van der Waals surface area contributed by atoms with E-state index in [9.17, 15) is 22.0 Å². The molecule has 0 aliphatic carbocycles. The fourth-order valence-corrected chi connectivity index (χ4v) is 5.41. The van der Waals surface area contributed by atoms with Gasteiger partial charge in [0.15, 0.2) is 0 Å². The third-order valence-corrected chi connectivity index (χ3v) is 7.07. The largest absolute Gasteiger partial charge is 0.356 e. The van der Waals surface area contributed by atoms with Crippen LogP contribution in [0.4, 0.5) is 8.78 Å². The molecule has 3 rings (SSSR count). The van der Waals surface area contributed by atoms with Crippen molar-refractivity contribution in [3.8, 4) is 0 Å². The van der Waals surface area contributed by atoms with E-state index < -0.39 is 40.2 Å². The third-order valence-electron chi connectivity index (χ3n) is 5.27. The lowest BCUT2D eigenvalue weighted by molar-refractivity contribution is -0.151. The van der Waals surface area contributed by atoms with Crippen LogP contribution in [0.25, 0.3) is 0 Å². The summed E-state index contributed by atoms with van der Waals surface area (Å²) in [5, 5.41) is 2.62. The number of nitrogens with zero attached hydrogens (tertiary/aromatic N) is 1. The Morgan fingerprint density at radius 1 is 1.15 bits per heavy atom. The van der Waals surface area contributed by atoms with Crippen molar-refractivity contribution in [2.75, 3.05) is 19.6 Å². The number of benzene rings is 1. The molecule has 0 aromatic heterocycles. The number of halogens is 2. The topological polar surface area (TPSA) is 66.5 Å². The summed E-state index contributed by atoms with van der Waals surface area (Å²) in [4.78, 5) is 12.3. The van der Waals surface area contributed by atoms with Crippen LogP contribution < -0.4 is 5.32 Å². The Bertz CT molecular complexity index is 793. The smallest absolute Gasteiger partial charge is 0.262 e. The molecule has 144 valence electrons. The minimum Gasteiger partial charge on any atom is -0.356 e. The van der Waals surface area contributed by atoms with E-state index in [-0.39, 0.29) is 23.8 Å². The Kier molecular flexibility index (Phi) is 4.85. The van der Waals surface area contributed by atoms with E-state index in [2.05, 4.69) is 5.32 Å². The van der Waals surface area contributed by atoms with Crippen LogP contribution >= 0.6 is 0 Å². The van der Waals surface area contributed by atoms with Crippen molar-refractivity contribution in [3.63, 3.8) is 0 Å². The van der Waals surface area contributed by atoms with Gasteiger partial charge in [-0.2, -0.15) is 4.31 Å². The Morgan fingerprint density at radius 2 is 1.81 bits per heavy atom. The van der Waals surface area contributed by atoms with E-state index in [1.807, 2.05) is 13.8 Å². The SMILES string of the molecule is CC(C)c1ccc(S(=O)(=O)N2CC(F)(F)C[C@]3(CCCNC3=O)C2)cc1. The molecule has 1 aromatic carbocycles. The molecule has 1 atom stereocenters. The number of hydrogen-bond donors (Lipinski definition) is 1. The number of carbonyl (C=O) groups is 1. The van der Waals surface area contributed by atoms with Crippen LogP contribution in [-0.4, -0.2) is 44.2 Å². The van der Waals surface area contributed by atoms with Crippen molar-refractivity contribution in [2.24, 2.45) is 5.41 Å². The molecule has 0 saturated carbocycles. The summed E-state index contributed by atoms with van der Waals surface area (Å²) in [5.74, 6) is -3.48. The fourth-order valence-electron chi connectivity index (χ4n) is 3.85. The molecule has 2 saturated heterocycles. The maximum atomic E-state index is 14.4. The summed E-state index contributed by atoms with van der Waals surface area (Å²) in [6.45, 7) is 3.31. The Labute approximate surface area is 152 Å². The Hall–Kier alpha value is -1.54. The van der Waals surface area contributed by atoms with E-state index in [1.165, 1.54) is 12.1 Å². The number of piperidine rings is 2. The van der Waals surface area contributed by atoms with Gasteiger partial charge in [-0.15, -0.1) is 0 Å². The predicted octanol–water partition coefficient (Wildman–Crippen LogP) is 2.74. The molecule has 2 heterocycles. The van der Waals surface area contributed by atoms with Gasteiger partial charge >= 0.3 is 0 Å². The monoisotopic (exact) mass is 386 g/mol. The molecule has 8 heteroatoms. The third kappa shape index (κ3) is 3.49. The zero-order chi connectivity index (χ0) is 19.2. The molecule has 0 bridgehead atoms. The number of hydrogen-bond acceptors (Lipinski definition) is 3. The van der Waals surface area contributed by atoms with Gasteiger partial charge in [-0.3, -0.25) is 4.79 Å². The molecular formula is C18H24F2N2O3S. The zero-order valence-electron chi connectivity index (χ0n) is 15.0. The molecule has 5 nitrogen and oxygen atoms in total. The standard InChI is InChI=1S/C18H24F2N2O3S/c1-13(2)14-4-6-15(7-5-14)26(24,25)22-11-17(10-18(19,20)12-22)8-3-9-21-16(17)23/h4-7,13H,3,8-12H2,1-2H3,(H,21,23)/t17-/m1/s1. The highest BCUT2D eigenvalue weighted by Crippen LogP contribution is 2.44. The summed E-state index contributed by atoms with van der Waals surface area (Å²) in [6, 6.07) is 6.29. The highest BCUT2D eigenvalue weighted by Gasteiger charge is 2.56. The molecular weight excluding hydrogens is 362 g/mol. The van der Waals surface area contributed by atoms with Crippen molar-refractivity contribution in [1.29, 1.82) is 0 Å². The van der Waals surface area contributed by atoms with Crippen molar-refractivity contribution in [2.45, 2.75) is 49.8 Å². The minimum absolute atomic E-state index is 0.0223. The van der Waals surface area contributed by atoms with Crippen molar-refractivity contribution >= 4 is 15.9 Å². The quantitative estimate of drug-likeness (QED) is 0.869. The lowest BCUT2D eigenvalue weighted by Gasteiger charge is -2.46. The summed E-state index contributed by atoms with van der Waals surface area (Å²) >= 11 is 0. The number of sulfonamides is 1. The first kappa shape index (κ1) is 19.2. The predicted molar refractivity (Wildman–Crippen MR) is 93.5 cm³/mol. The average Bonchev–Trinajstić information content (AvgIpc) is 2.56. The molecule has 2 aliphatic heterocycles. The minimum atomic E-state index is -4.10. The van der Waals surface area contributed by atoms with Crippen molar-refractivity contribution in [1.82, 2.24) is 9.62 Å². The maximum absolute atomic E-state index is 14.4. The van der Waals surface area contributed by atoms with Gasteiger partial charge < -0.3 is 5.32 Å². The van der Waals surface area contributed by atoms with Crippen LogP contribution in [0.1, 0.15) is 44.6 Å². The van der Waals surface area contributed by atoms with Crippen LogP contribution in [0.5, 0.6) is 0 Å². The molecule has 1 spiro atoms. The maximum Gasteiger partial charge on any atom is 0.262 e. The Morgan fingerprint density at radius 3 is 2.38 bits per heavy atom. The number of rotatable bonds is 3. The highest BCUT2D eigenvalue weighted by molar-refractivity contribution is 7.89. The molecule has 1 amide bonds. The van der Waals surface area contributed by atoms with Gasteiger partial charge in [0.1, 0.15) is 0 Å². The lowest BCUT2D eigenvalue weighted by Crippen LogP contribution is -2.61. The Balaban J connectivity index is 1.94. The number of carbonyl (C=O) groups excluding carboxylic acids is 1. The van der Waals surface area contributed by atoms with Crippen molar-refractivity contribution in [3.05, 3.63) is 29.8 Å². The summed E-state index contributed by atoms with van der Waals surface area (Å²) in [7, 11) is -4.10. The second-order valence-electron chi connectivity index (χ2n) is 7.67. The van der Waals surface area contributed by atoms with Gasteiger partial charge in [-0.05, 0) is 36.5 Å². The van der Waals surface area contributed by atoms with Crippen LogP contribution in [0, 0.1) is 5.41 Å². The van der Waals surface area contributed by atoms with Gasteiger partial charge in [-0.1, -0.05) is 26.0 Å². The van der Waals surface area contributed by atoms with Crippen LogP contribution in [-0.2, 0) is 14.8 Å². The zero-order valence-corrected chi connectivity index (χ0v) is 15.8. The average molecular weight is 386 g/mol. The molecule has 26 heavy (non-hydrogen) atoms. The molecule has 2 fully saturated rings. The van der Waals surface area contributed by atoms with Crippen molar-refractivity contribution < 1.29 is 22.0 Å². The number of amides is 1. The van der Waals surface area contributed by atoms with Crippen LogP contribution in [0.3, 0.4) is 0 Å². The second kappa shape index (κ2) is 6.56. The van der Waals surface area contributed by atoms with Gasteiger partial charge in [-0.25, -0.2) is 17.2 Å². The second-order valence-corrected chi connectivity index (χ2v) is 9.61. The molecule has 0 radical (unpaired) electrons.